The number of hydrogen-bond donors (Lipinski definition) is 0. The molecule has 0 amide bonds. The van der Waals surface area contributed by atoms with Crippen molar-refractivity contribution in [3.8, 4) is 23.8 Å². The van der Waals surface area contributed by atoms with Gasteiger partial charge in [0.25, 0.3) is 0 Å². The van der Waals surface area contributed by atoms with Gasteiger partial charge in [-0.3, -0.25) is 0 Å². The van der Waals surface area contributed by atoms with Gasteiger partial charge in [0.2, 0.25) is 0 Å². The van der Waals surface area contributed by atoms with E-state index in [1.54, 1.807) is 25.1 Å². The van der Waals surface area contributed by atoms with E-state index in [-0.39, 0.29) is 6.61 Å². The molecular formula is C16H14BrNO4. The van der Waals surface area contributed by atoms with E-state index in [1.807, 2.05) is 6.92 Å². The third-order valence-electron chi connectivity index (χ3n) is 2.82. The molecule has 6 heteroatoms. The maximum absolute atomic E-state index is 11.6. The van der Waals surface area contributed by atoms with Crippen molar-refractivity contribution < 1.29 is 19.1 Å². The molecule has 1 aromatic carbocycles. The lowest BCUT2D eigenvalue weighted by Gasteiger charge is -2.13. The molecule has 2 rings (SSSR count). The van der Waals surface area contributed by atoms with Gasteiger partial charge in [0.1, 0.15) is 6.61 Å². The van der Waals surface area contributed by atoms with Crippen LogP contribution in [0.1, 0.15) is 19.4 Å². The van der Waals surface area contributed by atoms with Gasteiger partial charge in [-0.15, -0.1) is 6.42 Å². The summed E-state index contributed by atoms with van der Waals surface area (Å²) in [4.78, 5) is 16.2. The summed E-state index contributed by atoms with van der Waals surface area (Å²) in [5, 5.41) is 3.64. The standard InChI is InChI=1S/C16H14BrNO4/c1-4-6-21-15-13(17)8-11(9-14(15)20-5-2)7-12-10(3)18-22-16(12)19/h1,7-9H,5-6H2,2-3H3/b12-7-. The topological polar surface area (TPSA) is 57.1 Å². The summed E-state index contributed by atoms with van der Waals surface area (Å²) in [6.45, 7) is 4.19. The Morgan fingerprint density at radius 2 is 2.23 bits per heavy atom. The minimum absolute atomic E-state index is 0.136. The van der Waals surface area contributed by atoms with E-state index in [1.165, 1.54) is 0 Å². The molecule has 1 aliphatic rings. The molecule has 5 nitrogen and oxygen atoms in total. The van der Waals surface area contributed by atoms with Gasteiger partial charge < -0.3 is 14.3 Å². The predicted octanol–water partition coefficient (Wildman–Crippen LogP) is 3.18. The number of carbonyl (C=O) groups excluding carboxylic acids is 1. The highest BCUT2D eigenvalue weighted by Gasteiger charge is 2.22. The van der Waals surface area contributed by atoms with Crippen LogP contribution in [-0.2, 0) is 9.63 Å². The molecule has 0 saturated carbocycles. The molecule has 0 spiro atoms. The maximum atomic E-state index is 11.6. The summed E-state index contributed by atoms with van der Waals surface area (Å²) >= 11 is 3.43. The van der Waals surface area contributed by atoms with Crippen LogP contribution in [0.5, 0.6) is 11.5 Å². The first kappa shape index (κ1) is 16.1. The van der Waals surface area contributed by atoms with Crippen molar-refractivity contribution in [2.75, 3.05) is 13.2 Å². The van der Waals surface area contributed by atoms with E-state index in [0.29, 0.717) is 33.9 Å². The minimum Gasteiger partial charge on any atom is -0.490 e. The van der Waals surface area contributed by atoms with Crippen molar-refractivity contribution in [2.24, 2.45) is 5.16 Å². The van der Waals surface area contributed by atoms with Crippen molar-refractivity contribution in [2.45, 2.75) is 13.8 Å². The van der Waals surface area contributed by atoms with E-state index < -0.39 is 5.97 Å². The van der Waals surface area contributed by atoms with Crippen LogP contribution >= 0.6 is 15.9 Å². The molecule has 1 heterocycles. The summed E-state index contributed by atoms with van der Waals surface area (Å²) < 4.78 is 11.7. The van der Waals surface area contributed by atoms with Crippen LogP contribution in [0.2, 0.25) is 0 Å². The quantitative estimate of drug-likeness (QED) is 0.458. The largest absolute Gasteiger partial charge is 0.490 e. The molecule has 0 aliphatic carbocycles. The van der Waals surface area contributed by atoms with Gasteiger partial charge in [-0.05, 0) is 53.5 Å². The van der Waals surface area contributed by atoms with Crippen LogP contribution in [0.15, 0.2) is 27.3 Å². The number of hydrogen-bond acceptors (Lipinski definition) is 5. The molecule has 0 unspecified atom stereocenters. The molecule has 0 saturated heterocycles. The van der Waals surface area contributed by atoms with Crippen LogP contribution < -0.4 is 9.47 Å². The first-order chi connectivity index (χ1) is 10.6. The molecule has 114 valence electrons. The van der Waals surface area contributed by atoms with Crippen molar-refractivity contribution in [1.29, 1.82) is 0 Å². The highest BCUT2D eigenvalue weighted by atomic mass is 79.9. The smallest absolute Gasteiger partial charge is 0.367 e. The Morgan fingerprint density at radius 3 is 2.82 bits per heavy atom. The van der Waals surface area contributed by atoms with Crippen LogP contribution in [-0.4, -0.2) is 24.9 Å². The summed E-state index contributed by atoms with van der Waals surface area (Å²) in [5.41, 5.74) is 1.70. The zero-order valence-electron chi connectivity index (χ0n) is 12.2. The molecule has 1 aromatic rings. The normalized spacial score (nSPS) is 15.3. The second-order valence-corrected chi connectivity index (χ2v) is 5.22. The molecule has 0 aromatic heterocycles. The number of benzene rings is 1. The van der Waals surface area contributed by atoms with Gasteiger partial charge in [0.15, 0.2) is 11.5 Å². The lowest BCUT2D eigenvalue weighted by atomic mass is 10.1. The van der Waals surface area contributed by atoms with Gasteiger partial charge in [-0.25, -0.2) is 4.79 Å². The molecule has 0 N–H and O–H groups in total. The number of rotatable bonds is 5. The van der Waals surface area contributed by atoms with Gasteiger partial charge in [0.05, 0.1) is 22.4 Å². The van der Waals surface area contributed by atoms with E-state index >= 15 is 0 Å². The second kappa shape index (κ2) is 7.14. The molecule has 0 bridgehead atoms. The summed E-state index contributed by atoms with van der Waals surface area (Å²) in [7, 11) is 0. The molecule has 0 atom stereocenters. The molecular weight excluding hydrogens is 350 g/mol. The van der Waals surface area contributed by atoms with E-state index in [9.17, 15) is 4.79 Å². The first-order valence-corrected chi connectivity index (χ1v) is 7.36. The van der Waals surface area contributed by atoms with Gasteiger partial charge in [-0.1, -0.05) is 11.1 Å². The van der Waals surface area contributed by atoms with E-state index in [2.05, 4.69) is 31.8 Å². The number of nitrogens with zero attached hydrogens (tertiary/aromatic N) is 1. The van der Waals surface area contributed by atoms with Crippen LogP contribution in [0.3, 0.4) is 0 Å². The van der Waals surface area contributed by atoms with Gasteiger partial charge >= 0.3 is 5.97 Å². The highest BCUT2D eigenvalue weighted by Crippen LogP contribution is 2.37. The third-order valence-corrected chi connectivity index (χ3v) is 3.41. The Balaban J connectivity index is 2.42. The minimum atomic E-state index is -0.473. The molecule has 0 radical (unpaired) electrons. The maximum Gasteiger partial charge on any atom is 0.367 e. The van der Waals surface area contributed by atoms with Gasteiger partial charge in [0, 0.05) is 0 Å². The number of halogens is 1. The number of terminal acetylenes is 1. The fraction of sp³-hybridized carbons (Fsp3) is 0.250. The molecule has 1 aliphatic heterocycles. The lowest BCUT2D eigenvalue weighted by molar-refractivity contribution is -0.136. The van der Waals surface area contributed by atoms with Crippen molar-refractivity contribution in [3.05, 3.63) is 27.7 Å². The Morgan fingerprint density at radius 1 is 1.45 bits per heavy atom. The van der Waals surface area contributed by atoms with Crippen molar-refractivity contribution >= 4 is 33.7 Å². The Hall–Kier alpha value is -2.26. The zero-order valence-corrected chi connectivity index (χ0v) is 13.8. The number of oxime groups is 1. The number of ether oxygens (including phenoxy) is 2. The average molecular weight is 364 g/mol. The third kappa shape index (κ3) is 3.49. The Kier molecular flexibility index (Phi) is 5.23. The average Bonchev–Trinajstić information content (AvgIpc) is 2.79. The first-order valence-electron chi connectivity index (χ1n) is 6.57. The monoisotopic (exact) mass is 363 g/mol. The summed E-state index contributed by atoms with van der Waals surface area (Å²) in [6.07, 6.45) is 6.90. The van der Waals surface area contributed by atoms with Crippen LogP contribution in [0, 0.1) is 12.3 Å². The van der Waals surface area contributed by atoms with Gasteiger partial charge in [-0.2, -0.15) is 0 Å². The van der Waals surface area contributed by atoms with E-state index in [0.717, 1.165) is 5.56 Å². The fourth-order valence-corrected chi connectivity index (χ4v) is 2.45. The van der Waals surface area contributed by atoms with Crippen LogP contribution in [0.25, 0.3) is 6.08 Å². The molecule has 0 fully saturated rings. The number of carbonyl (C=O) groups is 1. The fourth-order valence-electron chi connectivity index (χ4n) is 1.87. The SMILES string of the molecule is C#CCOc1c(Br)cc(/C=C2\C(=O)ON=C2C)cc1OCC. The summed E-state index contributed by atoms with van der Waals surface area (Å²) in [6, 6.07) is 3.58. The summed E-state index contributed by atoms with van der Waals surface area (Å²) in [5.74, 6) is 3.01. The van der Waals surface area contributed by atoms with E-state index in [4.69, 9.17) is 15.9 Å². The Bertz CT molecular complexity index is 701. The van der Waals surface area contributed by atoms with Crippen molar-refractivity contribution in [1.82, 2.24) is 0 Å². The predicted molar refractivity (Wildman–Crippen MR) is 86.8 cm³/mol. The van der Waals surface area contributed by atoms with Crippen LogP contribution in [0.4, 0.5) is 0 Å². The lowest BCUT2D eigenvalue weighted by Crippen LogP contribution is -2.03. The van der Waals surface area contributed by atoms with Crippen molar-refractivity contribution in [3.63, 3.8) is 0 Å². The molecule has 22 heavy (non-hydrogen) atoms. The zero-order chi connectivity index (χ0) is 16.1. The highest BCUT2D eigenvalue weighted by molar-refractivity contribution is 9.10. The second-order valence-electron chi connectivity index (χ2n) is 4.37. The Labute approximate surface area is 137 Å².